The van der Waals surface area contributed by atoms with E-state index < -0.39 is 33.1 Å². The van der Waals surface area contributed by atoms with Crippen molar-refractivity contribution in [1.29, 1.82) is 0 Å². The molecule has 4 atom stereocenters. The van der Waals surface area contributed by atoms with Crippen molar-refractivity contribution in [3.8, 4) is 0 Å². The monoisotopic (exact) mass is 230 g/mol. The van der Waals surface area contributed by atoms with E-state index in [2.05, 4.69) is 4.74 Å². The van der Waals surface area contributed by atoms with Crippen molar-refractivity contribution in [1.82, 2.24) is 0 Å². The second-order valence-corrected chi connectivity index (χ2v) is 6.97. The Kier molecular flexibility index (Phi) is 1.41. The molecule has 2 aliphatic heterocycles. The summed E-state index contributed by atoms with van der Waals surface area (Å²) >= 11 is 0. The molecular weight excluding hydrogens is 220 g/mol. The van der Waals surface area contributed by atoms with E-state index >= 15 is 0 Å². The number of cyclic esters (lactones) is 2. The predicted molar refractivity (Wildman–Crippen MR) is 48.3 cm³/mol. The number of rotatable bonds is 0. The van der Waals surface area contributed by atoms with Crippen LogP contribution in [-0.4, -0.2) is 31.9 Å². The third kappa shape index (κ3) is 0.867. The zero-order valence-electron chi connectivity index (χ0n) is 8.10. The number of carbonyl (C=O) groups excluding carboxylic acids is 2. The van der Waals surface area contributed by atoms with Crippen LogP contribution in [0.2, 0.25) is 0 Å². The molecule has 3 aliphatic rings. The number of hydrogen-bond donors (Lipinski definition) is 0. The molecule has 82 valence electrons. The molecule has 1 aliphatic carbocycles. The summed E-state index contributed by atoms with van der Waals surface area (Å²) in [6.07, 6.45) is 0. The Hall–Kier alpha value is -0.910. The maximum atomic E-state index is 11.5. The highest BCUT2D eigenvalue weighted by Crippen LogP contribution is 2.63. The molecule has 0 amide bonds. The summed E-state index contributed by atoms with van der Waals surface area (Å²) in [7, 11) is -3.07. The minimum atomic E-state index is -3.07. The van der Waals surface area contributed by atoms with Crippen LogP contribution in [0.1, 0.15) is 6.92 Å². The zero-order valence-corrected chi connectivity index (χ0v) is 8.91. The Morgan fingerprint density at radius 2 is 2.00 bits per heavy atom. The quantitative estimate of drug-likeness (QED) is 0.409. The molecule has 4 unspecified atom stereocenters. The van der Waals surface area contributed by atoms with Crippen molar-refractivity contribution in [3.05, 3.63) is 0 Å². The molecule has 2 saturated heterocycles. The molecule has 6 heteroatoms. The van der Waals surface area contributed by atoms with Crippen molar-refractivity contribution >= 4 is 21.8 Å². The summed E-state index contributed by atoms with van der Waals surface area (Å²) in [4.78, 5) is 22.9. The smallest absolute Gasteiger partial charge is 0.320 e. The van der Waals surface area contributed by atoms with Crippen LogP contribution in [0.15, 0.2) is 0 Å². The van der Waals surface area contributed by atoms with E-state index in [1.54, 1.807) is 6.92 Å². The van der Waals surface area contributed by atoms with Gasteiger partial charge in [0.2, 0.25) is 0 Å². The first-order valence-electron chi connectivity index (χ1n) is 4.83. The first-order valence-corrected chi connectivity index (χ1v) is 6.65. The SMILES string of the molecule is CC12C(=O)OC(=O)C1C1CS(=O)(=O)CC12. The Morgan fingerprint density at radius 3 is 2.67 bits per heavy atom. The summed E-state index contributed by atoms with van der Waals surface area (Å²) < 4.78 is 27.4. The van der Waals surface area contributed by atoms with Crippen LogP contribution in [0.5, 0.6) is 0 Å². The minimum absolute atomic E-state index is 0.0209. The van der Waals surface area contributed by atoms with E-state index in [4.69, 9.17) is 0 Å². The highest BCUT2D eigenvalue weighted by atomic mass is 32.2. The summed E-state index contributed by atoms with van der Waals surface area (Å²) in [5.41, 5.74) is -0.870. The van der Waals surface area contributed by atoms with Gasteiger partial charge in [0.25, 0.3) is 0 Å². The van der Waals surface area contributed by atoms with Gasteiger partial charge in [0.1, 0.15) is 0 Å². The number of sulfone groups is 1. The van der Waals surface area contributed by atoms with Gasteiger partial charge in [-0.2, -0.15) is 0 Å². The van der Waals surface area contributed by atoms with Crippen LogP contribution < -0.4 is 0 Å². The van der Waals surface area contributed by atoms with E-state index in [9.17, 15) is 18.0 Å². The molecule has 0 spiro atoms. The van der Waals surface area contributed by atoms with Gasteiger partial charge >= 0.3 is 11.9 Å². The van der Waals surface area contributed by atoms with Gasteiger partial charge in [0, 0.05) is 0 Å². The van der Waals surface area contributed by atoms with E-state index in [-0.39, 0.29) is 23.3 Å². The largest absolute Gasteiger partial charge is 0.392 e. The normalized spacial score (nSPS) is 50.6. The van der Waals surface area contributed by atoms with Crippen LogP contribution in [0.4, 0.5) is 0 Å². The summed E-state index contributed by atoms with van der Waals surface area (Å²) in [5.74, 6) is -1.97. The molecule has 0 aromatic rings. The molecule has 15 heavy (non-hydrogen) atoms. The number of hydrogen-bond acceptors (Lipinski definition) is 5. The molecule has 3 fully saturated rings. The van der Waals surface area contributed by atoms with Crippen LogP contribution in [0.3, 0.4) is 0 Å². The molecule has 0 aromatic carbocycles. The summed E-state index contributed by atoms with van der Waals surface area (Å²) in [6.45, 7) is 1.65. The first-order chi connectivity index (χ1) is 6.86. The van der Waals surface area contributed by atoms with Gasteiger partial charge in [-0.25, -0.2) is 8.42 Å². The van der Waals surface area contributed by atoms with Crippen molar-refractivity contribution in [3.63, 3.8) is 0 Å². The molecule has 0 bridgehead atoms. The topological polar surface area (TPSA) is 77.5 Å². The molecular formula is C9H10O5S. The van der Waals surface area contributed by atoms with Gasteiger partial charge in [-0.05, 0) is 18.8 Å². The van der Waals surface area contributed by atoms with Crippen LogP contribution in [0.25, 0.3) is 0 Å². The zero-order chi connectivity index (χ0) is 11.0. The summed E-state index contributed by atoms with van der Waals surface area (Å²) in [5, 5.41) is 0. The predicted octanol–water partition coefficient (Wildman–Crippen LogP) is -0.633. The number of esters is 2. The van der Waals surface area contributed by atoms with Crippen molar-refractivity contribution < 1.29 is 22.7 Å². The second-order valence-electron chi connectivity index (χ2n) is 4.82. The molecule has 0 radical (unpaired) electrons. The lowest BCUT2D eigenvalue weighted by molar-refractivity contribution is -0.156. The molecule has 3 rings (SSSR count). The fourth-order valence-corrected chi connectivity index (χ4v) is 5.63. The Labute approximate surface area is 86.7 Å². The van der Waals surface area contributed by atoms with Gasteiger partial charge in [-0.1, -0.05) is 0 Å². The molecule has 0 aromatic heterocycles. The third-order valence-electron chi connectivity index (χ3n) is 4.13. The van der Waals surface area contributed by atoms with Crippen molar-refractivity contribution in [2.45, 2.75) is 6.92 Å². The van der Waals surface area contributed by atoms with E-state index in [0.29, 0.717) is 0 Å². The minimum Gasteiger partial charge on any atom is -0.392 e. The lowest BCUT2D eigenvalue weighted by Gasteiger charge is -2.47. The van der Waals surface area contributed by atoms with Gasteiger partial charge in [0.15, 0.2) is 9.84 Å². The van der Waals surface area contributed by atoms with Gasteiger partial charge in [-0.3, -0.25) is 9.59 Å². The standard InChI is InChI=1S/C9H10O5S/c1-9-5-3-15(12,13)2-4(5)6(9)7(10)14-8(9)11/h4-6H,2-3H2,1H3. The average Bonchev–Trinajstić information content (AvgIpc) is 2.47. The lowest BCUT2D eigenvalue weighted by Crippen LogP contribution is -2.56. The van der Waals surface area contributed by atoms with E-state index in [1.807, 2.05) is 0 Å². The molecule has 2 heterocycles. The lowest BCUT2D eigenvalue weighted by atomic mass is 9.50. The van der Waals surface area contributed by atoms with Crippen LogP contribution in [0, 0.1) is 23.2 Å². The molecule has 1 saturated carbocycles. The van der Waals surface area contributed by atoms with E-state index in [1.165, 1.54) is 0 Å². The fourth-order valence-electron chi connectivity index (χ4n) is 3.34. The van der Waals surface area contributed by atoms with Crippen LogP contribution >= 0.6 is 0 Å². The fraction of sp³-hybridized carbons (Fsp3) is 0.778. The number of carbonyl (C=O) groups is 2. The van der Waals surface area contributed by atoms with Gasteiger partial charge in [-0.15, -0.1) is 0 Å². The third-order valence-corrected chi connectivity index (χ3v) is 5.89. The highest BCUT2D eigenvalue weighted by Gasteiger charge is 2.74. The Morgan fingerprint density at radius 1 is 1.33 bits per heavy atom. The average molecular weight is 230 g/mol. The van der Waals surface area contributed by atoms with Gasteiger partial charge < -0.3 is 4.74 Å². The van der Waals surface area contributed by atoms with E-state index in [0.717, 1.165) is 0 Å². The Bertz CT molecular complexity index is 479. The van der Waals surface area contributed by atoms with Crippen molar-refractivity contribution in [2.24, 2.45) is 23.2 Å². The molecule has 5 nitrogen and oxygen atoms in total. The highest BCUT2D eigenvalue weighted by molar-refractivity contribution is 7.91. The number of ether oxygens (including phenoxy) is 1. The van der Waals surface area contributed by atoms with Gasteiger partial charge in [0.05, 0.1) is 22.8 Å². The second kappa shape index (κ2) is 2.26. The van der Waals surface area contributed by atoms with Crippen molar-refractivity contribution in [2.75, 3.05) is 11.5 Å². The number of fused-ring (bicyclic) bond motifs is 4. The maximum Gasteiger partial charge on any atom is 0.320 e. The Balaban J connectivity index is 2.06. The first kappa shape index (κ1) is 9.33. The maximum absolute atomic E-state index is 11.5. The summed E-state index contributed by atoms with van der Waals surface area (Å²) in [6, 6.07) is 0. The van der Waals surface area contributed by atoms with Crippen LogP contribution in [-0.2, 0) is 24.2 Å². The molecule has 0 N–H and O–H groups in total.